The number of likely N-dealkylation sites (tertiary alicyclic amines) is 1. The van der Waals surface area contributed by atoms with Crippen LogP contribution in [0.3, 0.4) is 0 Å². The van der Waals surface area contributed by atoms with Crippen molar-refractivity contribution in [3.63, 3.8) is 0 Å². The van der Waals surface area contributed by atoms with E-state index in [0.29, 0.717) is 23.5 Å². The maximum absolute atomic E-state index is 13.7. The fourth-order valence-electron chi connectivity index (χ4n) is 3.53. The highest BCUT2D eigenvalue weighted by atomic mass is 19.1. The van der Waals surface area contributed by atoms with Gasteiger partial charge in [-0.1, -0.05) is 18.2 Å². The molecule has 0 spiro atoms. The van der Waals surface area contributed by atoms with Gasteiger partial charge in [-0.15, -0.1) is 0 Å². The van der Waals surface area contributed by atoms with E-state index < -0.39 is 18.1 Å². The maximum Gasteiger partial charge on any atom is 0.234 e. The highest BCUT2D eigenvalue weighted by Crippen LogP contribution is 2.30. The number of rotatable bonds is 4. The van der Waals surface area contributed by atoms with E-state index in [0.717, 1.165) is 10.9 Å². The molecule has 0 radical (unpaired) electrons. The molecule has 1 fully saturated rings. The minimum atomic E-state index is -1.04. The second-order valence-electron chi connectivity index (χ2n) is 6.67. The highest BCUT2D eigenvalue weighted by molar-refractivity contribution is 5.83. The smallest absolute Gasteiger partial charge is 0.234 e. The first-order valence-corrected chi connectivity index (χ1v) is 8.45. The number of carbonyl (C=O) groups excluding carboxylic acids is 1. The van der Waals surface area contributed by atoms with Gasteiger partial charge in [0.15, 0.2) is 0 Å². The lowest BCUT2D eigenvalue weighted by Gasteiger charge is -2.21. The van der Waals surface area contributed by atoms with E-state index in [9.17, 15) is 13.6 Å². The van der Waals surface area contributed by atoms with Crippen molar-refractivity contribution in [1.82, 2.24) is 4.90 Å². The van der Waals surface area contributed by atoms with E-state index in [1.807, 2.05) is 24.3 Å². The van der Waals surface area contributed by atoms with Gasteiger partial charge in [-0.25, -0.2) is 8.78 Å². The summed E-state index contributed by atoms with van der Waals surface area (Å²) in [5, 5.41) is 0.869. The van der Waals surface area contributed by atoms with Gasteiger partial charge in [-0.3, -0.25) is 9.69 Å². The SMILES string of the molecule is NC(=O)[C@@H]1C[C@H](F)CN1Cc1ccc2oc(-c3cccc(F)c3)cc2c1. The molecule has 2 N–H and O–H groups in total. The Kier molecular flexibility index (Phi) is 4.20. The molecule has 1 aliphatic heterocycles. The Balaban J connectivity index is 1.61. The van der Waals surface area contributed by atoms with Gasteiger partial charge in [0.1, 0.15) is 23.3 Å². The van der Waals surface area contributed by atoms with Crippen LogP contribution in [0.25, 0.3) is 22.3 Å². The van der Waals surface area contributed by atoms with Crippen molar-refractivity contribution in [1.29, 1.82) is 0 Å². The van der Waals surface area contributed by atoms with Crippen LogP contribution in [0, 0.1) is 5.82 Å². The van der Waals surface area contributed by atoms with Crippen molar-refractivity contribution < 1.29 is 18.0 Å². The fraction of sp³-hybridized carbons (Fsp3) is 0.250. The largest absolute Gasteiger partial charge is 0.456 e. The lowest BCUT2D eigenvalue weighted by molar-refractivity contribution is -0.122. The quantitative estimate of drug-likeness (QED) is 0.776. The van der Waals surface area contributed by atoms with Crippen LogP contribution in [0.5, 0.6) is 0 Å². The molecule has 4 nitrogen and oxygen atoms in total. The molecular formula is C20H18F2N2O2. The Labute approximate surface area is 149 Å². The zero-order valence-corrected chi connectivity index (χ0v) is 14.0. The molecule has 6 heteroatoms. The standard InChI is InChI=1S/C20H18F2N2O2/c21-15-3-1-2-13(7-15)19-8-14-6-12(4-5-18(14)26-19)10-24-11-16(22)9-17(24)20(23)25/h1-8,16-17H,9-11H2,(H2,23,25)/t16-,17-/m0/s1. The highest BCUT2D eigenvalue weighted by Gasteiger charge is 2.35. The predicted molar refractivity (Wildman–Crippen MR) is 94.5 cm³/mol. The zero-order valence-electron chi connectivity index (χ0n) is 14.0. The molecule has 1 amide bonds. The number of carbonyl (C=O) groups is 1. The van der Waals surface area contributed by atoms with Crippen LogP contribution < -0.4 is 5.73 Å². The lowest BCUT2D eigenvalue weighted by Crippen LogP contribution is -2.39. The van der Waals surface area contributed by atoms with Gasteiger partial charge in [0.05, 0.1) is 6.04 Å². The molecule has 4 rings (SSSR count). The molecule has 0 unspecified atom stereocenters. The number of nitrogens with zero attached hydrogens (tertiary/aromatic N) is 1. The molecule has 2 atom stereocenters. The van der Waals surface area contributed by atoms with E-state index in [2.05, 4.69) is 0 Å². The summed E-state index contributed by atoms with van der Waals surface area (Å²) < 4.78 is 32.9. The Hall–Kier alpha value is -2.73. The van der Waals surface area contributed by atoms with Gasteiger partial charge < -0.3 is 10.2 Å². The summed E-state index contributed by atoms with van der Waals surface area (Å²) in [6.45, 7) is 0.635. The Morgan fingerprint density at radius 3 is 2.85 bits per heavy atom. The average molecular weight is 356 g/mol. The van der Waals surface area contributed by atoms with Crippen molar-refractivity contribution in [2.24, 2.45) is 5.73 Å². The van der Waals surface area contributed by atoms with Gasteiger partial charge in [-0.2, -0.15) is 0 Å². The number of alkyl halides is 1. The summed E-state index contributed by atoms with van der Waals surface area (Å²) in [7, 11) is 0. The zero-order chi connectivity index (χ0) is 18.3. The summed E-state index contributed by atoms with van der Waals surface area (Å²) in [4.78, 5) is 13.3. The van der Waals surface area contributed by atoms with Gasteiger partial charge in [0.25, 0.3) is 0 Å². The van der Waals surface area contributed by atoms with Gasteiger partial charge in [0, 0.05) is 30.5 Å². The third-order valence-corrected chi connectivity index (χ3v) is 4.76. The van der Waals surface area contributed by atoms with Crippen molar-refractivity contribution in [2.75, 3.05) is 6.54 Å². The van der Waals surface area contributed by atoms with Crippen LogP contribution in [0.2, 0.25) is 0 Å². The first-order valence-electron chi connectivity index (χ1n) is 8.45. The number of hydrogen-bond acceptors (Lipinski definition) is 3. The third kappa shape index (κ3) is 3.20. The number of halogens is 2. The first-order chi connectivity index (χ1) is 12.5. The second-order valence-corrected chi connectivity index (χ2v) is 6.67. The fourth-order valence-corrected chi connectivity index (χ4v) is 3.53. The molecule has 26 heavy (non-hydrogen) atoms. The number of nitrogens with two attached hydrogens (primary N) is 1. The van der Waals surface area contributed by atoms with Gasteiger partial charge in [0.2, 0.25) is 5.91 Å². The lowest BCUT2D eigenvalue weighted by atomic mass is 10.1. The molecule has 1 aliphatic rings. The average Bonchev–Trinajstić information content (AvgIpc) is 3.18. The maximum atomic E-state index is 13.7. The van der Waals surface area contributed by atoms with Gasteiger partial charge in [-0.05, 0) is 35.9 Å². The summed E-state index contributed by atoms with van der Waals surface area (Å²) in [6, 6.07) is 13.1. The molecule has 1 aromatic heterocycles. The minimum absolute atomic E-state index is 0.146. The van der Waals surface area contributed by atoms with E-state index in [1.165, 1.54) is 12.1 Å². The summed E-state index contributed by atoms with van der Waals surface area (Å²) in [5.41, 5.74) is 7.66. The molecule has 0 saturated carbocycles. The van der Waals surface area contributed by atoms with Crippen LogP contribution >= 0.6 is 0 Å². The summed E-state index contributed by atoms with van der Waals surface area (Å²) in [5.74, 6) is -0.240. The summed E-state index contributed by atoms with van der Waals surface area (Å²) in [6.07, 6.45) is -0.891. The second kappa shape index (κ2) is 6.53. The predicted octanol–water partition coefficient (Wildman–Crippen LogP) is 3.64. The Morgan fingerprint density at radius 1 is 1.23 bits per heavy atom. The molecule has 0 bridgehead atoms. The van der Waals surface area contributed by atoms with Crippen molar-refractivity contribution in [2.45, 2.75) is 25.2 Å². The number of fused-ring (bicyclic) bond motifs is 1. The van der Waals surface area contributed by atoms with Crippen LogP contribution in [0.15, 0.2) is 52.9 Å². The third-order valence-electron chi connectivity index (χ3n) is 4.76. The Morgan fingerprint density at radius 2 is 2.08 bits per heavy atom. The van der Waals surface area contributed by atoms with E-state index in [1.54, 1.807) is 17.0 Å². The van der Waals surface area contributed by atoms with Crippen molar-refractivity contribution >= 4 is 16.9 Å². The number of hydrogen-bond donors (Lipinski definition) is 1. The van der Waals surface area contributed by atoms with Gasteiger partial charge >= 0.3 is 0 Å². The molecular weight excluding hydrogens is 338 g/mol. The van der Waals surface area contributed by atoms with Crippen LogP contribution in [-0.2, 0) is 11.3 Å². The van der Waals surface area contributed by atoms with Crippen molar-refractivity contribution in [3.05, 3.63) is 59.9 Å². The molecule has 1 saturated heterocycles. The number of amides is 1. The number of furan rings is 1. The minimum Gasteiger partial charge on any atom is -0.456 e. The van der Waals surface area contributed by atoms with Crippen LogP contribution in [0.1, 0.15) is 12.0 Å². The Bertz CT molecular complexity index is 969. The number of primary amides is 1. The molecule has 134 valence electrons. The van der Waals surface area contributed by atoms with Crippen molar-refractivity contribution in [3.8, 4) is 11.3 Å². The normalized spacial score (nSPS) is 20.7. The number of benzene rings is 2. The molecule has 2 aromatic carbocycles. The van der Waals surface area contributed by atoms with Crippen LogP contribution in [-0.4, -0.2) is 29.6 Å². The van der Waals surface area contributed by atoms with E-state index in [4.69, 9.17) is 10.2 Å². The van der Waals surface area contributed by atoms with E-state index >= 15 is 0 Å². The molecule has 3 aromatic rings. The monoisotopic (exact) mass is 356 g/mol. The molecule has 0 aliphatic carbocycles. The van der Waals surface area contributed by atoms with E-state index in [-0.39, 0.29) is 18.8 Å². The summed E-state index contributed by atoms with van der Waals surface area (Å²) >= 11 is 0. The molecule has 2 heterocycles. The van der Waals surface area contributed by atoms with Crippen LogP contribution in [0.4, 0.5) is 8.78 Å². The first kappa shape index (κ1) is 16.7. The topological polar surface area (TPSA) is 59.5 Å².